The molecule has 3 nitrogen and oxygen atoms in total. The first-order valence-electron chi connectivity index (χ1n) is 4.46. The quantitative estimate of drug-likeness (QED) is 0.601. The zero-order valence-corrected chi connectivity index (χ0v) is 7.96. The number of alkyl halides is 3. The molecule has 0 saturated heterocycles. The summed E-state index contributed by atoms with van der Waals surface area (Å²) in [7, 11) is 0. The van der Waals surface area contributed by atoms with E-state index in [2.05, 4.69) is 10.4 Å². The van der Waals surface area contributed by atoms with Crippen molar-refractivity contribution in [2.45, 2.75) is 25.1 Å². The van der Waals surface area contributed by atoms with Crippen LogP contribution in [0.4, 0.5) is 13.2 Å². The van der Waals surface area contributed by atoms with Gasteiger partial charge < -0.3 is 0 Å². The van der Waals surface area contributed by atoms with Crippen LogP contribution in [0.2, 0.25) is 0 Å². The summed E-state index contributed by atoms with van der Waals surface area (Å²) in [6.45, 7) is 0. The SMILES string of the molecule is NNC(CCC(F)(F)F)c1cccnc1. The average molecular weight is 219 g/mol. The molecular weight excluding hydrogens is 207 g/mol. The van der Waals surface area contributed by atoms with Crippen LogP contribution < -0.4 is 11.3 Å². The standard InChI is InChI=1S/C9H12F3N3/c10-9(11,12)4-3-8(15-13)7-2-1-5-14-6-7/h1-2,5-6,8,15H,3-4,13H2. The Kier molecular flexibility index (Phi) is 4.05. The van der Waals surface area contributed by atoms with Gasteiger partial charge in [-0.25, -0.2) is 0 Å². The van der Waals surface area contributed by atoms with Crippen molar-refractivity contribution in [2.24, 2.45) is 5.84 Å². The average Bonchev–Trinajstić information content (AvgIpc) is 2.19. The van der Waals surface area contributed by atoms with Crippen LogP contribution in [0.3, 0.4) is 0 Å². The molecule has 1 unspecified atom stereocenters. The third kappa shape index (κ3) is 4.26. The molecule has 3 N–H and O–H groups in total. The van der Waals surface area contributed by atoms with Crippen molar-refractivity contribution in [3.05, 3.63) is 30.1 Å². The van der Waals surface area contributed by atoms with E-state index in [1.165, 1.54) is 6.20 Å². The molecule has 1 atom stereocenters. The zero-order chi connectivity index (χ0) is 11.3. The van der Waals surface area contributed by atoms with E-state index >= 15 is 0 Å². The van der Waals surface area contributed by atoms with Gasteiger partial charge in [0.1, 0.15) is 0 Å². The van der Waals surface area contributed by atoms with E-state index in [0.29, 0.717) is 5.56 Å². The lowest BCUT2D eigenvalue weighted by Crippen LogP contribution is -2.29. The maximum Gasteiger partial charge on any atom is 0.389 e. The summed E-state index contributed by atoms with van der Waals surface area (Å²) in [5.41, 5.74) is 3.01. The first kappa shape index (κ1) is 11.9. The number of nitrogens with one attached hydrogen (secondary N) is 1. The van der Waals surface area contributed by atoms with Gasteiger partial charge in [0.2, 0.25) is 0 Å². The van der Waals surface area contributed by atoms with Crippen molar-refractivity contribution < 1.29 is 13.2 Å². The summed E-state index contributed by atoms with van der Waals surface area (Å²) in [5.74, 6) is 5.19. The largest absolute Gasteiger partial charge is 0.389 e. The molecule has 6 heteroatoms. The highest BCUT2D eigenvalue weighted by Crippen LogP contribution is 2.26. The van der Waals surface area contributed by atoms with Crippen molar-refractivity contribution in [3.63, 3.8) is 0 Å². The lowest BCUT2D eigenvalue weighted by Gasteiger charge is -2.16. The fourth-order valence-electron chi connectivity index (χ4n) is 1.24. The third-order valence-electron chi connectivity index (χ3n) is 2.00. The summed E-state index contributed by atoms with van der Waals surface area (Å²) in [6.07, 6.45) is -2.05. The molecule has 0 amide bonds. The van der Waals surface area contributed by atoms with Crippen LogP contribution in [0.5, 0.6) is 0 Å². The fourth-order valence-corrected chi connectivity index (χ4v) is 1.24. The highest BCUT2D eigenvalue weighted by atomic mass is 19.4. The Morgan fingerprint density at radius 2 is 2.20 bits per heavy atom. The van der Waals surface area contributed by atoms with Crippen LogP contribution >= 0.6 is 0 Å². The zero-order valence-electron chi connectivity index (χ0n) is 7.96. The number of hydrogen-bond acceptors (Lipinski definition) is 3. The van der Waals surface area contributed by atoms with Gasteiger partial charge in [-0.05, 0) is 18.1 Å². The molecule has 0 aliphatic carbocycles. The van der Waals surface area contributed by atoms with Crippen molar-refractivity contribution in [1.82, 2.24) is 10.4 Å². The Labute approximate surface area is 85.5 Å². The molecule has 0 aliphatic heterocycles. The molecule has 0 bridgehead atoms. The number of hydrogen-bond donors (Lipinski definition) is 2. The highest BCUT2D eigenvalue weighted by Gasteiger charge is 2.28. The molecule has 84 valence electrons. The Morgan fingerprint density at radius 1 is 1.47 bits per heavy atom. The van der Waals surface area contributed by atoms with Gasteiger partial charge in [0.15, 0.2) is 0 Å². The summed E-state index contributed by atoms with van der Waals surface area (Å²) in [6, 6.07) is 2.83. The topological polar surface area (TPSA) is 50.9 Å². The molecule has 0 fully saturated rings. The van der Waals surface area contributed by atoms with E-state index in [1.807, 2.05) is 0 Å². The molecule has 0 radical (unpaired) electrons. The second-order valence-corrected chi connectivity index (χ2v) is 3.16. The molecular formula is C9H12F3N3. The number of nitrogens with two attached hydrogens (primary N) is 1. The van der Waals surface area contributed by atoms with E-state index in [-0.39, 0.29) is 6.42 Å². The van der Waals surface area contributed by atoms with E-state index in [1.54, 1.807) is 18.3 Å². The number of nitrogens with zero attached hydrogens (tertiary/aromatic N) is 1. The lowest BCUT2D eigenvalue weighted by molar-refractivity contribution is -0.136. The van der Waals surface area contributed by atoms with Crippen molar-refractivity contribution in [2.75, 3.05) is 0 Å². The number of pyridine rings is 1. The van der Waals surface area contributed by atoms with E-state index in [9.17, 15) is 13.2 Å². The van der Waals surface area contributed by atoms with Crippen LogP contribution in [-0.4, -0.2) is 11.2 Å². The maximum absolute atomic E-state index is 12.0. The van der Waals surface area contributed by atoms with Crippen molar-refractivity contribution in [1.29, 1.82) is 0 Å². The van der Waals surface area contributed by atoms with E-state index in [4.69, 9.17) is 5.84 Å². The van der Waals surface area contributed by atoms with Gasteiger partial charge in [0.05, 0.1) is 0 Å². The van der Waals surface area contributed by atoms with E-state index < -0.39 is 18.6 Å². The monoisotopic (exact) mass is 219 g/mol. The minimum atomic E-state index is -4.16. The predicted octanol–water partition coefficient (Wildman–Crippen LogP) is 1.93. The molecule has 0 aliphatic rings. The minimum Gasteiger partial charge on any atom is -0.271 e. The first-order chi connectivity index (χ1) is 7.03. The maximum atomic E-state index is 12.0. The van der Waals surface area contributed by atoms with Crippen LogP contribution in [0, 0.1) is 0 Å². The molecule has 0 spiro atoms. The number of hydrazine groups is 1. The first-order valence-corrected chi connectivity index (χ1v) is 4.46. The van der Waals surface area contributed by atoms with Gasteiger partial charge in [0.25, 0.3) is 0 Å². The molecule has 15 heavy (non-hydrogen) atoms. The molecule has 1 rings (SSSR count). The highest BCUT2D eigenvalue weighted by molar-refractivity contribution is 5.13. The minimum absolute atomic E-state index is 0.0916. The van der Waals surface area contributed by atoms with Crippen LogP contribution in [0.25, 0.3) is 0 Å². The van der Waals surface area contributed by atoms with Gasteiger partial charge in [-0.15, -0.1) is 0 Å². The number of halogens is 3. The molecule has 1 aromatic rings. The summed E-state index contributed by atoms with van der Waals surface area (Å²) in [4.78, 5) is 3.82. The number of rotatable bonds is 4. The Hall–Kier alpha value is -1.14. The summed E-state index contributed by atoms with van der Waals surface area (Å²) in [5, 5.41) is 0. The Bertz CT molecular complexity index is 286. The Morgan fingerprint density at radius 3 is 2.67 bits per heavy atom. The lowest BCUT2D eigenvalue weighted by atomic mass is 10.0. The second kappa shape index (κ2) is 5.09. The Balaban J connectivity index is 2.58. The van der Waals surface area contributed by atoms with Gasteiger partial charge >= 0.3 is 6.18 Å². The fraction of sp³-hybridized carbons (Fsp3) is 0.444. The molecule has 0 saturated carbocycles. The van der Waals surface area contributed by atoms with Crippen LogP contribution in [-0.2, 0) is 0 Å². The predicted molar refractivity (Wildman–Crippen MR) is 49.6 cm³/mol. The summed E-state index contributed by atoms with van der Waals surface area (Å²) >= 11 is 0. The smallest absolute Gasteiger partial charge is 0.271 e. The third-order valence-corrected chi connectivity index (χ3v) is 2.00. The molecule has 1 heterocycles. The van der Waals surface area contributed by atoms with Gasteiger partial charge in [-0.2, -0.15) is 13.2 Å². The number of aromatic nitrogens is 1. The van der Waals surface area contributed by atoms with Gasteiger partial charge in [-0.1, -0.05) is 6.07 Å². The normalized spacial score (nSPS) is 13.9. The van der Waals surface area contributed by atoms with Crippen LogP contribution in [0.15, 0.2) is 24.5 Å². The second-order valence-electron chi connectivity index (χ2n) is 3.16. The van der Waals surface area contributed by atoms with Crippen molar-refractivity contribution >= 4 is 0 Å². The van der Waals surface area contributed by atoms with Crippen molar-refractivity contribution in [3.8, 4) is 0 Å². The van der Waals surface area contributed by atoms with Crippen LogP contribution in [0.1, 0.15) is 24.4 Å². The summed E-state index contributed by atoms with van der Waals surface area (Å²) < 4.78 is 36.0. The molecule has 0 aromatic carbocycles. The van der Waals surface area contributed by atoms with E-state index in [0.717, 1.165) is 0 Å². The molecule has 1 aromatic heterocycles. The van der Waals surface area contributed by atoms with Gasteiger partial charge in [-0.3, -0.25) is 16.3 Å². The van der Waals surface area contributed by atoms with Gasteiger partial charge in [0, 0.05) is 24.9 Å².